The Morgan fingerprint density at radius 1 is 1.16 bits per heavy atom. The molecule has 0 spiro atoms. The Morgan fingerprint density at radius 2 is 1.84 bits per heavy atom. The molecule has 0 bridgehead atoms. The van der Waals surface area contributed by atoms with Crippen molar-refractivity contribution in [1.29, 1.82) is 0 Å². The predicted octanol–water partition coefficient (Wildman–Crippen LogP) is 3.21. The molecule has 6 heteroatoms. The molecule has 1 saturated carbocycles. The topological polar surface area (TPSA) is 72.5 Å². The number of carbonyl (C=O) groups excluding carboxylic acids is 1. The summed E-state index contributed by atoms with van der Waals surface area (Å²) in [5.41, 5.74) is 1.82. The second-order valence-electron chi connectivity index (χ2n) is 6.32. The van der Waals surface area contributed by atoms with Gasteiger partial charge in [-0.1, -0.05) is 30.3 Å². The van der Waals surface area contributed by atoms with Gasteiger partial charge in [-0.2, -0.15) is 0 Å². The number of sulfonamides is 1. The number of ether oxygens (including phenoxy) is 1. The van der Waals surface area contributed by atoms with Gasteiger partial charge in [0.1, 0.15) is 0 Å². The van der Waals surface area contributed by atoms with E-state index in [4.69, 9.17) is 0 Å². The van der Waals surface area contributed by atoms with Crippen LogP contribution in [0.15, 0.2) is 53.4 Å². The predicted molar refractivity (Wildman–Crippen MR) is 94.7 cm³/mol. The van der Waals surface area contributed by atoms with Crippen molar-refractivity contribution in [2.45, 2.75) is 30.7 Å². The van der Waals surface area contributed by atoms with Crippen LogP contribution in [0.5, 0.6) is 0 Å². The molecule has 1 unspecified atom stereocenters. The summed E-state index contributed by atoms with van der Waals surface area (Å²) >= 11 is 0. The lowest BCUT2D eigenvalue weighted by Gasteiger charge is -2.20. The van der Waals surface area contributed by atoms with Crippen LogP contribution in [0.25, 0.3) is 0 Å². The van der Waals surface area contributed by atoms with Gasteiger partial charge in [0.25, 0.3) is 0 Å². The maximum absolute atomic E-state index is 12.9. The van der Waals surface area contributed by atoms with E-state index in [1.807, 2.05) is 30.3 Å². The first-order valence-corrected chi connectivity index (χ1v) is 9.67. The zero-order valence-electron chi connectivity index (χ0n) is 14.2. The Kier molecular flexibility index (Phi) is 4.92. The van der Waals surface area contributed by atoms with Crippen LogP contribution >= 0.6 is 0 Å². The van der Waals surface area contributed by atoms with E-state index in [1.54, 1.807) is 6.92 Å². The monoisotopic (exact) mass is 359 g/mol. The Hall–Kier alpha value is -2.18. The van der Waals surface area contributed by atoms with Crippen LogP contribution in [0.4, 0.5) is 0 Å². The molecule has 132 valence electrons. The van der Waals surface area contributed by atoms with E-state index in [9.17, 15) is 13.2 Å². The molecule has 2 aromatic carbocycles. The smallest absolute Gasteiger partial charge is 0.337 e. The van der Waals surface area contributed by atoms with Crippen molar-refractivity contribution in [2.75, 3.05) is 7.11 Å². The molecular weight excluding hydrogens is 338 g/mol. The summed E-state index contributed by atoms with van der Waals surface area (Å²) in [7, 11) is -2.40. The molecule has 1 atom stereocenters. The highest BCUT2D eigenvalue weighted by atomic mass is 32.2. The first-order chi connectivity index (χ1) is 11.9. The number of esters is 1. The van der Waals surface area contributed by atoms with Gasteiger partial charge in [0.2, 0.25) is 10.0 Å². The first kappa shape index (κ1) is 17.6. The molecule has 1 aliphatic carbocycles. The molecule has 25 heavy (non-hydrogen) atoms. The van der Waals surface area contributed by atoms with E-state index >= 15 is 0 Å². The molecule has 1 aliphatic rings. The van der Waals surface area contributed by atoms with Crippen molar-refractivity contribution in [2.24, 2.45) is 5.92 Å². The normalized spacial score (nSPS) is 15.6. The van der Waals surface area contributed by atoms with Crippen molar-refractivity contribution in [3.05, 3.63) is 65.2 Å². The minimum atomic E-state index is -3.69. The fourth-order valence-corrected chi connectivity index (χ4v) is 4.47. The third-order valence-corrected chi connectivity index (χ3v) is 6.02. The molecule has 1 fully saturated rings. The summed E-state index contributed by atoms with van der Waals surface area (Å²) < 4.78 is 33.3. The summed E-state index contributed by atoms with van der Waals surface area (Å²) in [5, 5.41) is 0. The lowest BCUT2D eigenvalue weighted by Crippen LogP contribution is -2.30. The van der Waals surface area contributed by atoms with Gasteiger partial charge in [-0.05, 0) is 55.0 Å². The lowest BCUT2D eigenvalue weighted by atomic mass is 10.0. The SMILES string of the molecule is COC(=O)c1ccc(S(=O)(=O)NC(c2ccccc2)C2CC2)c(C)c1. The number of hydrogen-bond acceptors (Lipinski definition) is 4. The van der Waals surface area contributed by atoms with E-state index in [0.717, 1.165) is 18.4 Å². The van der Waals surface area contributed by atoms with Gasteiger partial charge in [0.05, 0.1) is 17.6 Å². The molecule has 0 saturated heterocycles. The van der Waals surface area contributed by atoms with E-state index in [1.165, 1.54) is 25.3 Å². The molecule has 0 aliphatic heterocycles. The maximum Gasteiger partial charge on any atom is 0.337 e. The Morgan fingerprint density at radius 3 is 2.40 bits per heavy atom. The number of carbonyl (C=O) groups is 1. The Labute approximate surface area is 148 Å². The molecule has 2 aromatic rings. The number of nitrogens with one attached hydrogen (secondary N) is 1. The molecular formula is C19H21NO4S. The molecule has 0 radical (unpaired) electrons. The number of methoxy groups -OCH3 is 1. The van der Waals surface area contributed by atoms with Crippen molar-refractivity contribution in [1.82, 2.24) is 4.72 Å². The summed E-state index contributed by atoms with van der Waals surface area (Å²) in [5.74, 6) is -0.160. The second kappa shape index (κ2) is 6.98. The van der Waals surface area contributed by atoms with E-state index < -0.39 is 16.0 Å². The van der Waals surface area contributed by atoms with Gasteiger partial charge < -0.3 is 4.74 Å². The summed E-state index contributed by atoms with van der Waals surface area (Å²) in [4.78, 5) is 11.8. The lowest BCUT2D eigenvalue weighted by molar-refractivity contribution is 0.0600. The highest BCUT2D eigenvalue weighted by molar-refractivity contribution is 7.89. The third-order valence-electron chi connectivity index (χ3n) is 4.42. The van der Waals surface area contributed by atoms with E-state index in [2.05, 4.69) is 9.46 Å². The summed E-state index contributed by atoms with van der Waals surface area (Å²) in [6.45, 7) is 1.68. The third kappa shape index (κ3) is 3.91. The minimum Gasteiger partial charge on any atom is -0.465 e. The average Bonchev–Trinajstić information content (AvgIpc) is 3.44. The molecule has 0 aromatic heterocycles. The molecule has 0 heterocycles. The molecule has 3 rings (SSSR count). The van der Waals surface area contributed by atoms with Crippen molar-refractivity contribution >= 4 is 16.0 Å². The van der Waals surface area contributed by atoms with Gasteiger partial charge >= 0.3 is 5.97 Å². The highest BCUT2D eigenvalue weighted by Gasteiger charge is 2.35. The van der Waals surface area contributed by atoms with Gasteiger partial charge in [-0.25, -0.2) is 17.9 Å². The van der Waals surface area contributed by atoms with E-state index in [-0.39, 0.29) is 10.9 Å². The van der Waals surface area contributed by atoms with Crippen LogP contribution in [-0.4, -0.2) is 21.5 Å². The minimum absolute atomic E-state index is 0.182. The maximum atomic E-state index is 12.9. The van der Waals surface area contributed by atoms with Crippen LogP contribution < -0.4 is 4.72 Å². The summed E-state index contributed by atoms with van der Waals surface area (Å²) in [6, 6.07) is 13.9. The summed E-state index contributed by atoms with van der Waals surface area (Å²) in [6.07, 6.45) is 2.03. The van der Waals surface area contributed by atoms with Gasteiger partial charge in [0, 0.05) is 6.04 Å². The zero-order chi connectivity index (χ0) is 18.0. The Balaban J connectivity index is 1.89. The second-order valence-corrected chi connectivity index (χ2v) is 8.00. The van der Waals surface area contributed by atoms with Gasteiger partial charge in [-0.3, -0.25) is 0 Å². The van der Waals surface area contributed by atoms with Crippen molar-refractivity contribution in [3.63, 3.8) is 0 Å². The largest absolute Gasteiger partial charge is 0.465 e. The fourth-order valence-electron chi connectivity index (χ4n) is 2.95. The fraction of sp³-hybridized carbons (Fsp3) is 0.316. The van der Waals surface area contributed by atoms with Gasteiger partial charge in [0.15, 0.2) is 0 Å². The van der Waals surface area contributed by atoms with Crippen molar-refractivity contribution < 1.29 is 17.9 Å². The van der Waals surface area contributed by atoms with Crippen LogP contribution in [0.1, 0.15) is 40.4 Å². The van der Waals surface area contributed by atoms with Crippen molar-refractivity contribution in [3.8, 4) is 0 Å². The number of aryl methyl sites for hydroxylation is 1. The number of benzene rings is 2. The molecule has 0 amide bonds. The van der Waals surface area contributed by atoms with Crippen LogP contribution in [0, 0.1) is 12.8 Å². The van der Waals surface area contributed by atoms with Crippen LogP contribution in [-0.2, 0) is 14.8 Å². The van der Waals surface area contributed by atoms with Crippen LogP contribution in [0.2, 0.25) is 0 Å². The first-order valence-electron chi connectivity index (χ1n) is 8.18. The van der Waals surface area contributed by atoms with Gasteiger partial charge in [-0.15, -0.1) is 0 Å². The molecule has 1 N–H and O–H groups in total. The highest BCUT2D eigenvalue weighted by Crippen LogP contribution is 2.41. The quantitative estimate of drug-likeness (QED) is 0.804. The standard InChI is InChI=1S/C19H21NO4S/c1-13-12-16(19(21)24-2)10-11-17(13)25(22,23)20-18(15-8-9-15)14-6-4-3-5-7-14/h3-7,10-12,15,18,20H,8-9H2,1-2H3. The zero-order valence-corrected chi connectivity index (χ0v) is 15.0. The molecule has 5 nitrogen and oxygen atoms in total. The van der Waals surface area contributed by atoms with Crippen LogP contribution in [0.3, 0.4) is 0 Å². The number of hydrogen-bond donors (Lipinski definition) is 1. The average molecular weight is 359 g/mol. The number of rotatable bonds is 6. The Bertz CT molecular complexity index is 874. The van der Waals surface area contributed by atoms with E-state index in [0.29, 0.717) is 17.0 Å².